The maximum absolute atomic E-state index is 2.44. The Balaban J connectivity index is 1.14. The molecule has 0 amide bonds. The van der Waals surface area contributed by atoms with Gasteiger partial charge < -0.3 is 4.90 Å². The molecule has 0 spiro atoms. The minimum Gasteiger partial charge on any atom is -0.309 e. The fraction of sp³-hybridized carbons (Fsp3) is 0. The number of anilines is 3. The fourth-order valence-electron chi connectivity index (χ4n) is 7.61. The third kappa shape index (κ3) is 4.76. The lowest BCUT2D eigenvalue weighted by molar-refractivity contribution is 1.30. The highest BCUT2D eigenvalue weighted by Crippen LogP contribution is 2.46. The number of hydrogen-bond donors (Lipinski definition) is 0. The number of fused-ring (bicyclic) bond motifs is 7. The molecule has 0 radical (unpaired) electrons. The molecular formula is C48H31NS. The van der Waals surface area contributed by atoms with Gasteiger partial charge in [-0.15, -0.1) is 11.3 Å². The molecule has 1 aromatic heterocycles. The zero-order chi connectivity index (χ0) is 33.0. The van der Waals surface area contributed by atoms with Gasteiger partial charge in [-0.2, -0.15) is 0 Å². The molecule has 0 aliphatic heterocycles. The predicted molar refractivity (Wildman–Crippen MR) is 217 cm³/mol. The van der Waals surface area contributed by atoms with Gasteiger partial charge >= 0.3 is 0 Å². The third-order valence-electron chi connectivity index (χ3n) is 10.0. The topological polar surface area (TPSA) is 3.24 Å². The van der Waals surface area contributed by atoms with Crippen molar-refractivity contribution in [3.05, 3.63) is 188 Å². The molecule has 0 atom stereocenters. The summed E-state index contributed by atoms with van der Waals surface area (Å²) < 4.78 is 2.68. The molecule has 0 fully saturated rings. The Morgan fingerprint density at radius 2 is 1.00 bits per heavy atom. The molecule has 0 saturated carbocycles. The summed E-state index contributed by atoms with van der Waals surface area (Å²) in [6.07, 6.45) is 0. The number of para-hydroxylation sites is 1. The van der Waals surface area contributed by atoms with E-state index < -0.39 is 0 Å². The van der Waals surface area contributed by atoms with E-state index in [0.717, 1.165) is 17.1 Å². The van der Waals surface area contributed by atoms with E-state index in [9.17, 15) is 0 Å². The molecule has 2 heteroatoms. The molecule has 234 valence electrons. The first-order valence-corrected chi connectivity index (χ1v) is 17.9. The van der Waals surface area contributed by atoms with Crippen LogP contribution in [-0.4, -0.2) is 0 Å². The fourth-order valence-corrected chi connectivity index (χ4v) is 8.75. The van der Waals surface area contributed by atoms with Crippen LogP contribution < -0.4 is 4.90 Å². The summed E-state index contributed by atoms with van der Waals surface area (Å²) in [6, 6.07) is 68.8. The summed E-state index contributed by atoms with van der Waals surface area (Å²) in [4.78, 5) is 2.44. The standard InChI is InChI=1S/C48H31NS/c1-2-12-33(13-3-1)40-16-8-10-20-45(40)49(46-30-36-14-4-5-15-39(36)41-17-6-7-18-42(41)46)38-26-24-32(25-27-38)34-22-23-35-31-48-44(29-37(35)28-34)43-19-9-11-21-47(43)50-48/h1-31H. The second-order valence-corrected chi connectivity index (χ2v) is 14.0. The Morgan fingerprint density at radius 1 is 0.320 bits per heavy atom. The number of thiophene rings is 1. The average molecular weight is 654 g/mol. The minimum atomic E-state index is 1.12. The van der Waals surface area contributed by atoms with Crippen LogP contribution in [0.1, 0.15) is 0 Å². The van der Waals surface area contributed by atoms with Crippen LogP contribution in [0.2, 0.25) is 0 Å². The van der Waals surface area contributed by atoms with Gasteiger partial charge in [-0.3, -0.25) is 0 Å². The van der Waals surface area contributed by atoms with E-state index >= 15 is 0 Å². The number of rotatable bonds is 5. The lowest BCUT2D eigenvalue weighted by atomic mass is 9.97. The summed E-state index contributed by atoms with van der Waals surface area (Å²) in [5.41, 5.74) is 8.22. The van der Waals surface area contributed by atoms with E-state index in [0.29, 0.717) is 0 Å². The van der Waals surface area contributed by atoms with Crippen LogP contribution in [0.25, 0.3) is 74.7 Å². The van der Waals surface area contributed by atoms with Gasteiger partial charge in [0.25, 0.3) is 0 Å². The molecule has 0 aliphatic rings. The first-order chi connectivity index (χ1) is 24.8. The van der Waals surface area contributed by atoms with Gasteiger partial charge in [-0.1, -0.05) is 140 Å². The molecule has 0 saturated heterocycles. The molecule has 10 aromatic rings. The highest BCUT2D eigenvalue weighted by molar-refractivity contribution is 7.25. The quantitative estimate of drug-likeness (QED) is 0.167. The van der Waals surface area contributed by atoms with E-state index in [2.05, 4.69) is 193 Å². The second-order valence-electron chi connectivity index (χ2n) is 12.9. The zero-order valence-corrected chi connectivity index (χ0v) is 28.1. The highest BCUT2D eigenvalue weighted by atomic mass is 32.1. The van der Waals surface area contributed by atoms with Gasteiger partial charge in [0, 0.05) is 36.8 Å². The van der Waals surface area contributed by atoms with Gasteiger partial charge in [-0.05, 0) is 92.2 Å². The smallest absolute Gasteiger partial charge is 0.0546 e. The number of nitrogens with zero attached hydrogens (tertiary/aromatic N) is 1. The lowest BCUT2D eigenvalue weighted by Gasteiger charge is -2.29. The molecule has 10 rings (SSSR count). The van der Waals surface area contributed by atoms with Crippen molar-refractivity contribution in [1.29, 1.82) is 0 Å². The van der Waals surface area contributed by atoms with E-state index in [1.165, 1.54) is 74.7 Å². The lowest BCUT2D eigenvalue weighted by Crippen LogP contribution is -2.12. The van der Waals surface area contributed by atoms with Gasteiger partial charge in [0.2, 0.25) is 0 Å². The van der Waals surface area contributed by atoms with E-state index in [1.54, 1.807) is 0 Å². The van der Waals surface area contributed by atoms with Crippen LogP contribution in [0, 0.1) is 0 Å². The summed E-state index contributed by atoms with van der Waals surface area (Å²) >= 11 is 1.87. The van der Waals surface area contributed by atoms with Crippen molar-refractivity contribution in [3.63, 3.8) is 0 Å². The minimum absolute atomic E-state index is 1.12. The summed E-state index contributed by atoms with van der Waals surface area (Å²) in [7, 11) is 0. The van der Waals surface area contributed by atoms with Crippen molar-refractivity contribution >= 4 is 80.9 Å². The molecule has 0 bridgehead atoms. The van der Waals surface area contributed by atoms with E-state index in [1.807, 2.05) is 11.3 Å². The monoisotopic (exact) mass is 653 g/mol. The maximum atomic E-state index is 2.44. The van der Waals surface area contributed by atoms with Crippen LogP contribution in [0.5, 0.6) is 0 Å². The summed E-state index contributed by atoms with van der Waals surface area (Å²) in [5.74, 6) is 0. The molecular weight excluding hydrogens is 623 g/mol. The molecule has 0 N–H and O–H groups in total. The van der Waals surface area contributed by atoms with Crippen molar-refractivity contribution in [3.8, 4) is 22.3 Å². The summed E-state index contributed by atoms with van der Waals surface area (Å²) in [6.45, 7) is 0. The molecule has 1 heterocycles. The molecule has 9 aromatic carbocycles. The normalized spacial score (nSPS) is 11.6. The second kappa shape index (κ2) is 11.7. The maximum Gasteiger partial charge on any atom is 0.0546 e. The van der Waals surface area contributed by atoms with Crippen LogP contribution in [0.15, 0.2) is 188 Å². The number of benzene rings is 9. The Hall–Kier alpha value is -6.22. The van der Waals surface area contributed by atoms with E-state index in [4.69, 9.17) is 0 Å². The summed E-state index contributed by atoms with van der Waals surface area (Å²) in [5, 5.41) is 10.2. The largest absolute Gasteiger partial charge is 0.309 e. The van der Waals surface area contributed by atoms with Crippen LogP contribution >= 0.6 is 11.3 Å². The Morgan fingerprint density at radius 3 is 1.86 bits per heavy atom. The molecule has 1 nitrogen and oxygen atoms in total. The molecule has 0 aliphatic carbocycles. The van der Waals surface area contributed by atoms with Crippen molar-refractivity contribution in [2.45, 2.75) is 0 Å². The SMILES string of the molecule is c1ccc(-c2ccccc2N(c2ccc(-c3ccc4cc5sc6ccccc6c5cc4c3)cc2)c2cc3ccccc3c3ccccc23)cc1. The van der Waals surface area contributed by atoms with Crippen molar-refractivity contribution in [2.75, 3.05) is 4.90 Å². The van der Waals surface area contributed by atoms with Gasteiger partial charge in [0.05, 0.1) is 11.4 Å². The van der Waals surface area contributed by atoms with Gasteiger partial charge in [0.1, 0.15) is 0 Å². The Labute approximate surface area is 294 Å². The zero-order valence-electron chi connectivity index (χ0n) is 27.3. The van der Waals surface area contributed by atoms with Gasteiger partial charge in [-0.25, -0.2) is 0 Å². The van der Waals surface area contributed by atoms with Crippen LogP contribution in [-0.2, 0) is 0 Å². The van der Waals surface area contributed by atoms with Crippen LogP contribution in [0.3, 0.4) is 0 Å². The first kappa shape index (κ1) is 28.8. The highest BCUT2D eigenvalue weighted by Gasteiger charge is 2.20. The first-order valence-electron chi connectivity index (χ1n) is 17.1. The van der Waals surface area contributed by atoms with Crippen molar-refractivity contribution in [1.82, 2.24) is 0 Å². The van der Waals surface area contributed by atoms with E-state index in [-0.39, 0.29) is 0 Å². The van der Waals surface area contributed by atoms with Gasteiger partial charge in [0.15, 0.2) is 0 Å². The Bertz CT molecular complexity index is 2870. The van der Waals surface area contributed by atoms with Crippen LogP contribution in [0.4, 0.5) is 17.1 Å². The predicted octanol–water partition coefficient (Wildman–Crippen LogP) is 14.3. The molecule has 50 heavy (non-hydrogen) atoms. The average Bonchev–Trinajstić information content (AvgIpc) is 3.55. The van der Waals surface area contributed by atoms with Crippen molar-refractivity contribution < 1.29 is 0 Å². The number of hydrogen-bond acceptors (Lipinski definition) is 2. The Kier molecular flexibility index (Phi) is 6.75. The third-order valence-corrected chi connectivity index (χ3v) is 11.1. The molecule has 0 unspecified atom stereocenters. The van der Waals surface area contributed by atoms with Crippen molar-refractivity contribution in [2.24, 2.45) is 0 Å².